The average molecular weight is 229 g/mol. The number of rotatable bonds is 0. The average Bonchev–Trinajstić information content (AvgIpc) is 1.66. The fraction of sp³-hybridized carbons (Fsp3) is 0. The van der Waals surface area contributed by atoms with Gasteiger partial charge >= 0.3 is 0 Å². The zero-order chi connectivity index (χ0) is 9.15. The molecule has 0 aliphatic heterocycles. The molecule has 64 valence electrons. The summed E-state index contributed by atoms with van der Waals surface area (Å²) in [5, 5.41) is 0. The summed E-state index contributed by atoms with van der Waals surface area (Å²) in [5.74, 6) is 0. The highest BCUT2D eigenvalue weighted by Crippen LogP contribution is 1.98. The topological polar surface area (TPSA) is 80.6 Å². The van der Waals surface area contributed by atoms with Gasteiger partial charge < -0.3 is 4.55 Å². The van der Waals surface area contributed by atoms with Gasteiger partial charge in [-0.3, -0.25) is 9.11 Å². The fourth-order valence-electron chi connectivity index (χ4n) is 0. The zero-order valence-electron chi connectivity index (χ0n) is 4.70. The Morgan fingerprint density at radius 2 is 1.40 bits per heavy atom. The Morgan fingerprint density at radius 1 is 1.40 bits per heavy atom. The minimum atomic E-state index is -2.61. The quantitative estimate of drug-likeness (QED) is 0.375. The lowest BCUT2D eigenvalue weighted by Gasteiger charge is -1.73. The van der Waals surface area contributed by atoms with Crippen LogP contribution in [0.3, 0.4) is 0 Å². The standard InChI is InChI=1S/C2H4.Cl2OS.H2O3S/c1-2;2*1-4(2)3/h1-2H2;;(H2,1,2,3). The molecule has 0 aromatic carbocycles. The summed E-state index contributed by atoms with van der Waals surface area (Å²) >= 11 is -2.61. The molecule has 0 aromatic heterocycles. The van der Waals surface area contributed by atoms with Crippen LogP contribution in [-0.4, -0.2) is 17.9 Å². The molecule has 0 aromatic rings. The summed E-state index contributed by atoms with van der Waals surface area (Å²) in [6.07, 6.45) is 0. The summed E-state index contributed by atoms with van der Waals surface area (Å²) < 4.78 is 31.9. The van der Waals surface area contributed by atoms with Crippen LogP contribution in [-0.2, 0) is 21.0 Å². The smallest absolute Gasteiger partial charge is 0.299 e. The first-order valence-corrected chi connectivity index (χ1v) is 5.37. The Kier molecular flexibility index (Phi) is 27.8. The molecule has 0 atom stereocenters. The third kappa shape index (κ3) is 1050. The molecule has 0 fully saturated rings. The van der Waals surface area contributed by atoms with Crippen molar-refractivity contribution < 1.29 is 17.9 Å². The van der Waals surface area contributed by atoms with E-state index in [1.165, 1.54) is 0 Å². The van der Waals surface area contributed by atoms with Crippen molar-refractivity contribution >= 4 is 42.3 Å². The molecule has 0 saturated carbocycles. The molecule has 0 spiro atoms. The van der Waals surface area contributed by atoms with E-state index in [0.29, 0.717) is 0 Å². The van der Waals surface area contributed by atoms with E-state index in [1.54, 1.807) is 0 Å². The molecule has 0 saturated heterocycles. The Balaban J connectivity index is -0.0000000787. The van der Waals surface area contributed by atoms with E-state index in [4.69, 9.17) is 17.9 Å². The van der Waals surface area contributed by atoms with Gasteiger partial charge in [-0.2, -0.15) is 4.21 Å². The summed E-state index contributed by atoms with van der Waals surface area (Å²) in [7, 11) is 7.36. The Morgan fingerprint density at radius 3 is 1.40 bits per heavy atom. The molecule has 0 unspecified atom stereocenters. The van der Waals surface area contributed by atoms with E-state index in [0.717, 1.165) is 0 Å². The van der Waals surface area contributed by atoms with Crippen molar-refractivity contribution in [3.63, 3.8) is 0 Å². The van der Waals surface area contributed by atoms with Crippen LogP contribution < -0.4 is 0 Å². The van der Waals surface area contributed by atoms with E-state index in [2.05, 4.69) is 34.5 Å². The predicted octanol–water partition coefficient (Wildman–Crippen LogP) is 1.53. The van der Waals surface area contributed by atoms with Gasteiger partial charge in [0.05, 0.1) is 0 Å². The molecule has 0 radical (unpaired) electrons. The predicted molar refractivity (Wildman–Crippen MR) is 44.5 cm³/mol. The van der Waals surface area contributed by atoms with Gasteiger partial charge in [-0.25, -0.2) is 0 Å². The molecule has 0 heterocycles. The van der Waals surface area contributed by atoms with E-state index in [9.17, 15) is 0 Å². The van der Waals surface area contributed by atoms with E-state index in [-0.39, 0.29) is 0 Å². The van der Waals surface area contributed by atoms with Crippen molar-refractivity contribution in [1.29, 1.82) is 0 Å². The van der Waals surface area contributed by atoms with Crippen molar-refractivity contribution in [2.45, 2.75) is 0 Å². The number of halogens is 2. The van der Waals surface area contributed by atoms with Crippen molar-refractivity contribution in [3.8, 4) is 0 Å². The third-order valence-electron chi connectivity index (χ3n) is 0. The summed E-state index contributed by atoms with van der Waals surface area (Å²) in [6.45, 7) is 6.00. The van der Waals surface area contributed by atoms with Gasteiger partial charge in [0.2, 0.25) is 0 Å². The summed E-state index contributed by atoms with van der Waals surface area (Å²) in [4.78, 5) is 0. The molecule has 8 heteroatoms. The monoisotopic (exact) mass is 228 g/mol. The highest BCUT2D eigenvalue weighted by molar-refractivity contribution is 8.31. The first-order chi connectivity index (χ1) is 4.46. The number of hydrogen-bond acceptors (Lipinski definition) is 2. The van der Waals surface area contributed by atoms with Crippen LogP contribution in [0.25, 0.3) is 0 Å². The highest BCUT2D eigenvalue weighted by atomic mass is 36.0. The van der Waals surface area contributed by atoms with E-state index < -0.39 is 21.0 Å². The minimum absolute atomic E-state index is 1.67. The minimum Gasteiger partial charge on any atom is -0.582 e. The largest absolute Gasteiger partial charge is 0.582 e. The molecule has 0 aliphatic carbocycles. The molecule has 0 aliphatic rings. The van der Waals surface area contributed by atoms with Crippen molar-refractivity contribution in [1.82, 2.24) is 0 Å². The lowest BCUT2D eigenvalue weighted by atomic mass is 11.3. The van der Waals surface area contributed by atoms with Gasteiger partial charge in [-0.1, -0.05) is 0 Å². The summed E-state index contributed by atoms with van der Waals surface area (Å²) in [6, 6.07) is 0. The lowest BCUT2D eigenvalue weighted by molar-refractivity contribution is 0.454. The Bertz CT molecular complexity index is 72.9. The normalized spacial score (nSPS) is 7.50. The Hall–Kier alpha value is 0.700. The van der Waals surface area contributed by atoms with Gasteiger partial charge in [0.15, 0.2) is 31.0 Å². The second kappa shape index (κ2) is 16.4. The zero-order valence-corrected chi connectivity index (χ0v) is 7.84. The maximum absolute atomic E-state index is 9.09. The van der Waals surface area contributed by atoms with Gasteiger partial charge in [0.25, 0.3) is 11.4 Å². The van der Waals surface area contributed by atoms with E-state index in [1.807, 2.05) is 0 Å². The maximum atomic E-state index is 9.09. The van der Waals surface area contributed by atoms with Crippen molar-refractivity contribution in [2.24, 2.45) is 0 Å². The molecule has 10 heavy (non-hydrogen) atoms. The van der Waals surface area contributed by atoms with Crippen LogP contribution in [0.5, 0.6) is 0 Å². The number of hydrogen-bond donors (Lipinski definition) is 2. The first kappa shape index (κ1) is 17.0. The van der Waals surface area contributed by atoms with Crippen LogP contribution in [0, 0.1) is 0 Å². The van der Waals surface area contributed by atoms with Gasteiger partial charge in [0.1, 0.15) is 0 Å². The van der Waals surface area contributed by atoms with Crippen LogP contribution >= 0.6 is 21.4 Å². The van der Waals surface area contributed by atoms with Crippen LogP contribution in [0.2, 0.25) is 0 Å². The molecule has 2 N–H and O–H groups in total. The van der Waals surface area contributed by atoms with E-state index >= 15 is 0 Å². The fourth-order valence-corrected chi connectivity index (χ4v) is 0. The van der Waals surface area contributed by atoms with Crippen LogP contribution in [0.15, 0.2) is 13.2 Å². The Labute approximate surface area is 73.5 Å². The molecule has 0 bridgehead atoms. The highest BCUT2D eigenvalue weighted by Gasteiger charge is 1.83. The summed E-state index contributed by atoms with van der Waals surface area (Å²) in [5.41, 5.74) is 0. The van der Waals surface area contributed by atoms with Gasteiger partial charge in [-0.15, -0.1) is 13.2 Å². The molecular formula is C2H6Cl2O4S2. The second-order valence-electron chi connectivity index (χ2n) is 0.415. The maximum Gasteiger partial charge on any atom is 0.299 e. The van der Waals surface area contributed by atoms with Gasteiger partial charge in [0, 0.05) is 0 Å². The van der Waals surface area contributed by atoms with Crippen LogP contribution in [0.1, 0.15) is 0 Å². The second-order valence-corrected chi connectivity index (χ2v) is 3.40. The SMILES string of the molecule is C=C.O=S(O)O.[O-][S+](Cl)Cl. The molecule has 0 amide bonds. The molecule has 0 rings (SSSR count). The van der Waals surface area contributed by atoms with Crippen LogP contribution in [0.4, 0.5) is 0 Å². The van der Waals surface area contributed by atoms with Crippen molar-refractivity contribution in [3.05, 3.63) is 13.2 Å². The van der Waals surface area contributed by atoms with Crippen molar-refractivity contribution in [2.75, 3.05) is 0 Å². The molecule has 4 nitrogen and oxygen atoms in total. The van der Waals surface area contributed by atoms with Gasteiger partial charge in [-0.05, 0) is 0 Å². The molecular weight excluding hydrogens is 223 g/mol. The lowest BCUT2D eigenvalue weighted by Crippen LogP contribution is -1.74. The first-order valence-electron chi connectivity index (χ1n) is 1.51. The third-order valence-corrected chi connectivity index (χ3v) is 0.